The van der Waals surface area contributed by atoms with E-state index in [9.17, 15) is 4.79 Å². The van der Waals surface area contributed by atoms with E-state index in [0.29, 0.717) is 23.8 Å². The molecule has 5 saturated carbocycles. The van der Waals surface area contributed by atoms with Crippen LogP contribution in [0.25, 0.3) is 0 Å². The van der Waals surface area contributed by atoms with Gasteiger partial charge in [0, 0.05) is 6.04 Å². The minimum absolute atomic E-state index is 0.0461. The molecule has 1 amide bonds. The number of carbonyl (C=O) groups is 1. The molecule has 0 aromatic carbocycles. The Morgan fingerprint density at radius 3 is 2.50 bits per heavy atom. The Bertz CT molecular complexity index is 605. The van der Waals surface area contributed by atoms with Gasteiger partial charge in [0.05, 0.1) is 11.0 Å². The van der Waals surface area contributed by atoms with Gasteiger partial charge in [-0.15, -0.1) is 0 Å². The summed E-state index contributed by atoms with van der Waals surface area (Å²) in [5.41, 5.74) is -0.0992. The first kappa shape index (κ1) is 14.9. The van der Waals surface area contributed by atoms with Crippen LogP contribution in [0, 0.1) is 17.3 Å². The summed E-state index contributed by atoms with van der Waals surface area (Å²) in [5.74, 6) is 1.73. The van der Waals surface area contributed by atoms with Gasteiger partial charge in [-0.05, 0) is 63.2 Å². The summed E-state index contributed by atoms with van der Waals surface area (Å²) in [6.07, 6.45) is 16.6. The van der Waals surface area contributed by atoms with Crippen molar-refractivity contribution in [2.24, 2.45) is 17.3 Å². The van der Waals surface area contributed by atoms with Crippen molar-refractivity contribution in [3.05, 3.63) is 12.7 Å². The van der Waals surface area contributed by atoms with Crippen LogP contribution in [0.15, 0.2) is 12.7 Å². The molecular formula is C19H28N4O. The van der Waals surface area contributed by atoms with Gasteiger partial charge < -0.3 is 5.32 Å². The quantitative estimate of drug-likeness (QED) is 0.928. The molecule has 4 bridgehead atoms. The minimum atomic E-state index is -0.145. The van der Waals surface area contributed by atoms with Crippen LogP contribution >= 0.6 is 0 Å². The lowest BCUT2D eigenvalue weighted by Gasteiger charge is -2.61. The molecule has 1 N–H and O–H groups in total. The van der Waals surface area contributed by atoms with Crippen molar-refractivity contribution < 1.29 is 4.79 Å². The number of nitrogens with one attached hydrogen (secondary N) is 1. The molecule has 1 aromatic rings. The van der Waals surface area contributed by atoms with E-state index in [2.05, 4.69) is 20.1 Å². The van der Waals surface area contributed by atoms with E-state index in [1.165, 1.54) is 51.4 Å². The number of aromatic nitrogens is 3. The van der Waals surface area contributed by atoms with Crippen LogP contribution < -0.4 is 5.32 Å². The zero-order chi connectivity index (χ0) is 16.2. The molecule has 5 fully saturated rings. The van der Waals surface area contributed by atoms with Gasteiger partial charge in [-0.2, -0.15) is 5.10 Å². The molecule has 1 heterocycles. The van der Waals surface area contributed by atoms with Crippen molar-refractivity contribution in [3.63, 3.8) is 0 Å². The van der Waals surface area contributed by atoms with E-state index in [-0.39, 0.29) is 11.0 Å². The lowest BCUT2D eigenvalue weighted by molar-refractivity contribution is -0.157. The molecule has 2 atom stereocenters. The fourth-order valence-corrected chi connectivity index (χ4v) is 6.79. The molecular weight excluding hydrogens is 300 g/mol. The maximum atomic E-state index is 13.3. The molecule has 130 valence electrons. The first-order valence-corrected chi connectivity index (χ1v) is 9.84. The topological polar surface area (TPSA) is 59.8 Å². The van der Waals surface area contributed by atoms with Crippen molar-refractivity contribution in [2.45, 2.75) is 82.2 Å². The summed E-state index contributed by atoms with van der Waals surface area (Å²) < 4.78 is 2.09. The normalized spacial score (nSPS) is 41.5. The number of nitrogens with zero attached hydrogens (tertiary/aromatic N) is 3. The molecule has 1 aromatic heterocycles. The second-order valence-electron chi connectivity index (χ2n) is 9.11. The molecule has 24 heavy (non-hydrogen) atoms. The Morgan fingerprint density at radius 2 is 1.83 bits per heavy atom. The Hall–Kier alpha value is -1.39. The maximum Gasteiger partial charge on any atom is 0.226 e. The summed E-state index contributed by atoms with van der Waals surface area (Å²) in [6, 6.07) is 0.418. The van der Waals surface area contributed by atoms with Gasteiger partial charge in [0.2, 0.25) is 5.91 Å². The van der Waals surface area contributed by atoms with Gasteiger partial charge in [0.25, 0.3) is 0 Å². The highest BCUT2D eigenvalue weighted by atomic mass is 16.2. The molecule has 5 heteroatoms. The highest BCUT2D eigenvalue weighted by Crippen LogP contribution is 2.64. The summed E-state index contributed by atoms with van der Waals surface area (Å²) in [5, 5.41) is 7.94. The standard InChI is InChI=1S/C19H28N4O/c24-17(22-16-4-2-1-3-5-16)18-7-14-6-15(8-18)10-19(9-14,11-18)23-13-20-12-21-23/h12-16H,1-11H2,(H,22,24)/t14-,15-,18?,19?/m0/s1. The zero-order valence-electron chi connectivity index (χ0n) is 14.4. The smallest absolute Gasteiger partial charge is 0.226 e. The zero-order valence-corrected chi connectivity index (χ0v) is 14.4. The molecule has 0 spiro atoms. The van der Waals surface area contributed by atoms with Crippen LogP contribution in [0.2, 0.25) is 0 Å². The van der Waals surface area contributed by atoms with Crippen molar-refractivity contribution in [3.8, 4) is 0 Å². The molecule has 6 rings (SSSR count). The van der Waals surface area contributed by atoms with Gasteiger partial charge in [-0.3, -0.25) is 4.79 Å². The van der Waals surface area contributed by atoms with E-state index in [0.717, 1.165) is 19.3 Å². The monoisotopic (exact) mass is 328 g/mol. The van der Waals surface area contributed by atoms with Gasteiger partial charge in [0.15, 0.2) is 0 Å². The lowest BCUT2D eigenvalue weighted by atomic mass is 9.46. The summed E-state index contributed by atoms with van der Waals surface area (Å²) in [7, 11) is 0. The Kier molecular flexibility index (Phi) is 3.29. The fraction of sp³-hybridized carbons (Fsp3) is 0.842. The third-order valence-corrected chi connectivity index (χ3v) is 7.36. The van der Waals surface area contributed by atoms with Gasteiger partial charge in [-0.1, -0.05) is 19.3 Å². The minimum Gasteiger partial charge on any atom is -0.353 e. The molecule has 5 aliphatic carbocycles. The first-order valence-electron chi connectivity index (χ1n) is 9.84. The molecule has 0 unspecified atom stereocenters. The largest absolute Gasteiger partial charge is 0.353 e. The second-order valence-corrected chi connectivity index (χ2v) is 9.11. The number of carbonyl (C=O) groups excluding carboxylic acids is 1. The molecule has 0 aliphatic heterocycles. The Morgan fingerprint density at radius 1 is 1.08 bits per heavy atom. The fourth-order valence-electron chi connectivity index (χ4n) is 6.79. The number of hydrogen-bond donors (Lipinski definition) is 1. The summed E-state index contributed by atoms with van der Waals surface area (Å²) in [4.78, 5) is 17.5. The van der Waals surface area contributed by atoms with Crippen LogP contribution in [-0.2, 0) is 10.3 Å². The number of hydrogen-bond acceptors (Lipinski definition) is 3. The SMILES string of the molecule is O=C(NC1CCCCC1)C12C[C@@H]3C[C@@H](C1)CC(n1cncn1)(C3)C2. The molecule has 5 nitrogen and oxygen atoms in total. The predicted molar refractivity (Wildman–Crippen MR) is 90.1 cm³/mol. The van der Waals surface area contributed by atoms with E-state index >= 15 is 0 Å². The van der Waals surface area contributed by atoms with Crippen molar-refractivity contribution in [1.29, 1.82) is 0 Å². The van der Waals surface area contributed by atoms with Gasteiger partial charge in [-0.25, -0.2) is 9.67 Å². The highest BCUT2D eigenvalue weighted by molar-refractivity contribution is 5.83. The van der Waals surface area contributed by atoms with E-state index < -0.39 is 0 Å². The van der Waals surface area contributed by atoms with E-state index in [1.807, 2.05) is 6.33 Å². The first-order chi connectivity index (χ1) is 11.7. The van der Waals surface area contributed by atoms with Crippen molar-refractivity contribution >= 4 is 5.91 Å². The maximum absolute atomic E-state index is 13.3. The summed E-state index contributed by atoms with van der Waals surface area (Å²) >= 11 is 0. The van der Waals surface area contributed by atoms with Gasteiger partial charge >= 0.3 is 0 Å². The molecule has 0 radical (unpaired) electrons. The van der Waals surface area contributed by atoms with E-state index in [1.54, 1.807) is 6.33 Å². The third kappa shape index (κ3) is 2.23. The van der Waals surface area contributed by atoms with Crippen LogP contribution in [0.5, 0.6) is 0 Å². The molecule has 5 aliphatic rings. The van der Waals surface area contributed by atoms with Crippen LogP contribution in [0.4, 0.5) is 0 Å². The average molecular weight is 328 g/mol. The predicted octanol–water partition coefficient (Wildman–Crippen LogP) is 3.02. The van der Waals surface area contributed by atoms with Crippen LogP contribution in [-0.4, -0.2) is 26.7 Å². The molecule has 0 saturated heterocycles. The van der Waals surface area contributed by atoms with Crippen LogP contribution in [0.1, 0.15) is 70.6 Å². The van der Waals surface area contributed by atoms with Crippen LogP contribution in [0.3, 0.4) is 0 Å². The number of rotatable bonds is 3. The van der Waals surface area contributed by atoms with Crippen molar-refractivity contribution in [1.82, 2.24) is 20.1 Å². The number of amides is 1. The van der Waals surface area contributed by atoms with Gasteiger partial charge in [0.1, 0.15) is 12.7 Å². The van der Waals surface area contributed by atoms with E-state index in [4.69, 9.17) is 0 Å². The average Bonchev–Trinajstić information content (AvgIpc) is 3.10. The Balaban J connectivity index is 1.42. The third-order valence-electron chi connectivity index (χ3n) is 7.36. The Labute approximate surface area is 143 Å². The second kappa shape index (κ2) is 5.30. The highest BCUT2D eigenvalue weighted by Gasteiger charge is 2.61. The van der Waals surface area contributed by atoms with Crippen molar-refractivity contribution in [2.75, 3.05) is 0 Å². The summed E-state index contributed by atoms with van der Waals surface area (Å²) in [6.45, 7) is 0. The lowest BCUT2D eigenvalue weighted by Crippen LogP contribution is -2.61.